The van der Waals surface area contributed by atoms with E-state index in [0.29, 0.717) is 25.9 Å². The minimum atomic E-state index is -0.732. The minimum absolute atomic E-state index is 0.00406. The van der Waals surface area contributed by atoms with Gasteiger partial charge in [-0.25, -0.2) is 0 Å². The van der Waals surface area contributed by atoms with Gasteiger partial charge < -0.3 is 19.9 Å². The van der Waals surface area contributed by atoms with Crippen LogP contribution in [0.4, 0.5) is 0 Å². The van der Waals surface area contributed by atoms with E-state index in [9.17, 15) is 14.4 Å². The predicted molar refractivity (Wildman–Crippen MR) is 276 cm³/mol. The summed E-state index contributed by atoms with van der Waals surface area (Å²) in [7, 11) is 4.23. The second-order valence-corrected chi connectivity index (χ2v) is 20.7. The molecule has 0 saturated heterocycles. The molecule has 0 aliphatic heterocycles. The molecule has 1 unspecified atom stereocenters. The summed E-state index contributed by atoms with van der Waals surface area (Å²) >= 11 is 0. The zero-order valence-electron chi connectivity index (χ0n) is 44.0. The molecule has 1 rings (SSSR count). The molecule has 1 aliphatic carbocycles. The van der Waals surface area contributed by atoms with Crippen molar-refractivity contribution in [1.82, 2.24) is 15.1 Å². The molecule has 378 valence electrons. The summed E-state index contributed by atoms with van der Waals surface area (Å²) in [5, 5.41) is 3.28. The fourth-order valence-electron chi connectivity index (χ4n) is 9.94. The van der Waals surface area contributed by atoms with Crippen molar-refractivity contribution in [2.75, 3.05) is 33.7 Å². The molecule has 1 saturated carbocycles. The van der Waals surface area contributed by atoms with E-state index < -0.39 is 5.54 Å². The molecule has 7 nitrogen and oxygen atoms in total. The van der Waals surface area contributed by atoms with Crippen molar-refractivity contribution in [3.8, 4) is 0 Å². The molecule has 1 aliphatic rings. The fourth-order valence-corrected chi connectivity index (χ4v) is 9.94. The lowest BCUT2D eigenvalue weighted by Crippen LogP contribution is -2.65. The Kier molecular flexibility index (Phi) is 40.3. The van der Waals surface area contributed by atoms with Gasteiger partial charge in [-0.15, -0.1) is 0 Å². The SMILES string of the molecule is CCCCCCCCCCCCCCC(CCCCCCCCCCCCCC)C(=O)N(CCCCN(C)C)C1(C(=O)NCCCCC(=O)OC(CC)CCCCCCCC)CCC1. The number of nitrogens with one attached hydrogen (secondary N) is 1. The Labute approximate surface area is 399 Å². The van der Waals surface area contributed by atoms with Crippen molar-refractivity contribution in [1.29, 1.82) is 0 Å². The molecule has 0 radical (unpaired) electrons. The van der Waals surface area contributed by atoms with Crippen LogP contribution in [0.2, 0.25) is 0 Å². The highest BCUT2D eigenvalue weighted by atomic mass is 16.5. The Morgan fingerprint density at radius 3 is 1.30 bits per heavy atom. The second kappa shape index (κ2) is 42.7. The summed E-state index contributed by atoms with van der Waals surface area (Å²) in [4.78, 5) is 46.3. The first-order valence-corrected chi connectivity index (χ1v) is 28.7. The zero-order chi connectivity index (χ0) is 46.8. The average Bonchev–Trinajstić information content (AvgIpc) is 3.27. The molecule has 0 aromatic rings. The monoisotopic (exact) mass is 902 g/mol. The van der Waals surface area contributed by atoms with Crippen LogP contribution >= 0.6 is 0 Å². The number of unbranched alkanes of at least 4 members (excludes halogenated alkanes) is 29. The van der Waals surface area contributed by atoms with Gasteiger partial charge in [0.1, 0.15) is 11.6 Å². The van der Waals surface area contributed by atoms with Crippen molar-refractivity contribution in [2.45, 2.75) is 309 Å². The molecule has 7 heteroatoms. The van der Waals surface area contributed by atoms with Crippen molar-refractivity contribution >= 4 is 17.8 Å². The molecule has 1 fully saturated rings. The third-order valence-corrected chi connectivity index (χ3v) is 14.5. The molecule has 1 atom stereocenters. The molecule has 0 bridgehead atoms. The minimum Gasteiger partial charge on any atom is -0.462 e. The maximum atomic E-state index is 15.0. The topological polar surface area (TPSA) is 79.0 Å². The summed E-state index contributed by atoms with van der Waals surface area (Å²) in [5.74, 6) is 0.174. The van der Waals surface area contributed by atoms with Crippen LogP contribution in [0.15, 0.2) is 0 Å². The van der Waals surface area contributed by atoms with Crippen LogP contribution in [0.25, 0.3) is 0 Å². The molecule has 0 aromatic heterocycles. The van der Waals surface area contributed by atoms with Crippen LogP contribution < -0.4 is 5.32 Å². The van der Waals surface area contributed by atoms with Gasteiger partial charge in [0.05, 0.1) is 0 Å². The number of nitrogens with zero attached hydrogens (tertiary/aromatic N) is 2. The van der Waals surface area contributed by atoms with E-state index in [4.69, 9.17) is 4.74 Å². The summed E-state index contributed by atoms with van der Waals surface area (Å²) in [6, 6.07) is 0. The molecule has 1 N–H and O–H groups in total. The van der Waals surface area contributed by atoms with E-state index in [1.165, 1.54) is 173 Å². The number of ether oxygens (including phenoxy) is 1. The van der Waals surface area contributed by atoms with E-state index in [0.717, 1.165) is 90.0 Å². The summed E-state index contributed by atoms with van der Waals surface area (Å²) < 4.78 is 5.85. The lowest BCUT2D eigenvalue weighted by atomic mass is 9.73. The standard InChI is InChI=1S/C57H111N3O4/c1-7-11-14-17-20-22-24-26-28-30-32-35-43-52(44-36-33-31-29-27-25-23-21-18-15-12-8-2)55(62)60(51-41-40-50-59(5)6)57(47-42-48-57)56(63)58-49-39-38-46-54(61)64-53(10-4)45-37-34-19-16-13-9-3/h52-53H,7-51H2,1-6H3,(H,58,63). The van der Waals surface area contributed by atoms with Gasteiger partial charge in [0.2, 0.25) is 11.8 Å². The van der Waals surface area contributed by atoms with Crippen LogP contribution in [-0.4, -0.2) is 73.0 Å². The molecule has 0 spiro atoms. The Bertz CT molecular complexity index is 1050. The predicted octanol–water partition coefficient (Wildman–Crippen LogP) is 16.2. The maximum absolute atomic E-state index is 15.0. The molecule has 0 heterocycles. The van der Waals surface area contributed by atoms with E-state index in [1.54, 1.807) is 0 Å². The van der Waals surface area contributed by atoms with Crippen molar-refractivity contribution in [2.24, 2.45) is 5.92 Å². The van der Waals surface area contributed by atoms with Gasteiger partial charge in [0.15, 0.2) is 0 Å². The van der Waals surface area contributed by atoms with Gasteiger partial charge in [-0.2, -0.15) is 0 Å². The molecular weight excluding hydrogens is 791 g/mol. The highest BCUT2D eigenvalue weighted by Gasteiger charge is 2.51. The average molecular weight is 903 g/mol. The van der Waals surface area contributed by atoms with Crippen LogP contribution in [0.5, 0.6) is 0 Å². The lowest BCUT2D eigenvalue weighted by molar-refractivity contribution is -0.157. The Hall–Kier alpha value is -1.63. The van der Waals surface area contributed by atoms with Gasteiger partial charge in [-0.05, 0) is 97.7 Å². The van der Waals surface area contributed by atoms with E-state index in [1.807, 2.05) is 0 Å². The highest BCUT2D eigenvalue weighted by Crippen LogP contribution is 2.40. The fraction of sp³-hybridized carbons (Fsp3) is 0.947. The number of hydrogen-bond acceptors (Lipinski definition) is 5. The number of carbonyl (C=O) groups is 3. The normalized spacial score (nSPS) is 13.9. The molecular formula is C57H111N3O4. The van der Waals surface area contributed by atoms with Crippen molar-refractivity contribution < 1.29 is 19.1 Å². The van der Waals surface area contributed by atoms with Crippen molar-refractivity contribution in [3.05, 3.63) is 0 Å². The third kappa shape index (κ3) is 30.6. The number of carbonyl (C=O) groups excluding carboxylic acids is 3. The van der Waals surface area contributed by atoms with Gasteiger partial charge in [-0.3, -0.25) is 14.4 Å². The summed E-state index contributed by atoms with van der Waals surface area (Å²) in [6.45, 7) is 11.1. The highest BCUT2D eigenvalue weighted by molar-refractivity contribution is 5.93. The van der Waals surface area contributed by atoms with E-state index in [-0.39, 0.29) is 29.8 Å². The van der Waals surface area contributed by atoms with Gasteiger partial charge in [0, 0.05) is 25.4 Å². The van der Waals surface area contributed by atoms with Crippen LogP contribution in [0.3, 0.4) is 0 Å². The summed E-state index contributed by atoms with van der Waals surface area (Å²) in [6.07, 6.45) is 49.2. The number of amides is 2. The first kappa shape index (κ1) is 60.4. The Balaban J connectivity index is 2.82. The first-order valence-electron chi connectivity index (χ1n) is 28.7. The van der Waals surface area contributed by atoms with Gasteiger partial charge in [0.25, 0.3) is 0 Å². The second-order valence-electron chi connectivity index (χ2n) is 20.7. The quantitative estimate of drug-likeness (QED) is 0.0486. The van der Waals surface area contributed by atoms with Gasteiger partial charge in [-0.1, -0.05) is 214 Å². The maximum Gasteiger partial charge on any atom is 0.306 e. The van der Waals surface area contributed by atoms with Crippen LogP contribution in [0, 0.1) is 5.92 Å². The largest absolute Gasteiger partial charge is 0.462 e. The van der Waals surface area contributed by atoms with Crippen LogP contribution in [0.1, 0.15) is 297 Å². The third-order valence-electron chi connectivity index (χ3n) is 14.5. The zero-order valence-corrected chi connectivity index (χ0v) is 44.0. The van der Waals surface area contributed by atoms with E-state index in [2.05, 4.69) is 56.9 Å². The number of rotatable bonds is 48. The molecule has 0 aromatic carbocycles. The molecule has 64 heavy (non-hydrogen) atoms. The Morgan fingerprint density at radius 1 is 0.500 bits per heavy atom. The van der Waals surface area contributed by atoms with Gasteiger partial charge >= 0.3 is 5.97 Å². The Morgan fingerprint density at radius 2 is 0.906 bits per heavy atom. The van der Waals surface area contributed by atoms with E-state index >= 15 is 0 Å². The first-order chi connectivity index (χ1) is 31.2. The van der Waals surface area contributed by atoms with Crippen molar-refractivity contribution in [3.63, 3.8) is 0 Å². The lowest BCUT2D eigenvalue weighted by Gasteiger charge is -2.50. The summed E-state index contributed by atoms with van der Waals surface area (Å²) in [5.41, 5.74) is -0.732. The number of hydrogen-bond donors (Lipinski definition) is 1. The van der Waals surface area contributed by atoms with Crippen LogP contribution in [-0.2, 0) is 19.1 Å². The number of esters is 1. The molecule has 2 amide bonds. The smallest absolute Gasteiger partial charge is 0.306 e.